The average Bonchev–Trinajstić information content (AvgIpc) is 3.14. The minimum absolute atomic E-state index is 0.0233. The zero-order valence-corrected chi connectivity index (χ0v) is 31.0. The lowest BCUT2D eigenvalue weighted by atomic mass is 9.53. The first-order valence-corrected chi connectivity index (χ1v) is 18.5. The lowest BCUT2D eigenvalue weighted by Crippen LogP contribution is -2.57. The first-order chi connectivity index (χ1) is 24.9. The number of hydrogen-bond donors (Lipinski definition) is 4. The third kappa shape index (κ3) is 10.8. The van der Waals surface area contributed by atoms with E-state index >= 15 is 0 Å². The summed E-state index contributed by atoms with van der Waals surface area (Å²) in [6.45, 7) is 9.13. The first kappa shape index (κ1) is 38.4. The zero-order valence-electron chi connectivity index (χ0n) is 31.0. The number of nitrogens with one attached hydrogen (secondary N) is 4. The highest BCUT2D eigenvalue weighted by atomic mass is 16.6. The summed E-state index contributed by atoms with van der Waals surface area (Å²) in [6.07, 6.45) is 5.91. The van der Waals surface area contributed by atoms with Gasteiger partial charge in [0.2, 0.25) is 11.8 Å². The van der Waals surface area contributed by atoms with E-state index in [1.165, 1.54) is 0 Å². The molecule has 3 aliphatic rings. The van der Waals surface area contributed by atoms with Gasteiger partial charge in [-0.15, -0.1) is 0 Å². The minimum atomic E-state index is -0.936. The van der Waals surface area contributed by atoms with E-state index in [1.54, 1.807) is 24.3 Å². The molecular weight excluding hydrogens is 656 g/mol. The number of ether oxygens (including phenoxy) is 2. The normalized spacial score (nSPS) is 20.5. The summed E-state index contributed by atoms with van der Waals surface area (Å²) in [6, 6.07) is 24.0. The van der Waals surface area contributed by atoms with Crippen LogP contribution in [-0.4, -0.2) is 61.2 Å². The summed E-state index contributed by atoms with van der Waals surface area (Å²) in [5, 5.41) is 12.1. The van der Waals surface area contributed by atoms with Crippen LogP contribution in [0.15, 0.2) is 84.9 Å². The Morgan fingerprint density at radius 3 is 1.69 bits per heavy atom. The van der Waals surface area contributed by atoms with E-state index in [9.17, 15) is 19.2 Å². The van der Waals surface area contributed by atoms with Gasteiger partial charge in [-0.3, -0.25) is 14.4 Å². The van der Waals surface area contributed by atoms with Crippen LogP contribution in [0.3, 0.4) is 0 Å². The number of amides is 4. The summed E-state index contributed by atoms with van der Waals surface area (Å²) in [5.41, 5.74) is 1.68. The van der Waals surface area contributed by atoms with Gasteiger partial charge in [0.05, 0.1) is 6.61 Å². The van der Waals surface area contributed by atoms with Crippen molar-refractivity contribution in [2.24, 2.45) is 10.8 Å². The SMILES string of the molecule is CCOc1ccc(C[C@@H](NC(=O)c2ccccc2)C(=O)N[C@@H](Cc2ccccc2)C(=O)NCC23CCC(CNC(=O)OC(C)(C)C)(CC2)CC3)cc1. The van der Waals surface area contributed by atoms with Crippen LogP contribution in [0.2, 0.25) is 0 Å². The monoisotopic (exact) mass is 710 g/mol. The third-order valence-electron chi connectivity index (χ3n) is 10.4. The molecular formula is C42H54N4O6. The molecule has 2 atom stereocenters. The van der Waals surface area contributed by atoms with E-state index in [-0.39, 0.29) is 35.2 Å². The van der Waals surface area contributed by atoms with Crippen LogP contribution >= 0.6 is 0 Å². The summed E-state index contributed by atoms with van der Waals surface area (Å²) in [7, 11) is 0. The van der Waals surface area contributed by atoms with Crippen molar-refractivity contribution in [1.29, 1.82) is 0 Å². The Balaban J connectivity index is 1.25. The molecule has 0 spiro atoms. The second-order valence-electron chi connectivity index (χ2n) is 15.5. The third-order valence-corrected chi connectivity index (χ3v) is 10.4. The molecule has 2 bridgehead atoms. The van der Waals surface area contributed by atoms with Crippen LogP contribution in [0, 0.1) is 10.8 Å². The van der Waals surface area contributed by atoms with E-state index in [0.29, 0.717) is 31.7 Å². The van der Waals surface area contributed by atoms with Crippen LogP contribution in [0.5, 0.6) is 5.75 Å². The summed E-state index contributed by atoms with van der Waals surface area (Å²) < 4.78 is 11.0. The number of rotatable bonds is 15. The van der Waals surface area contributed by atoms with Crippen molar-refractivity contribution in [3.8, 4) is 5.75 Å². The second kappa shape index (κ2) is 17.1. The van der Waals surface area contributed by atoms with Crippen LogP contribution < -0.4 is 26.0 Å². The molecule has 0 heterocycles. The molecule has 6 rings (SSSR count). The lowest BCUT2D eigenvalue weighted by Gasteiger charge is -2.53. The van der Waals surface area contributed by atoms with Crippen molar-refractivity contribution in [3.63, 3.8) is 0 Å². The molecule has 4 N–H and O–H groups in total. The van der Waals surface area contributed by atoms with Gasteiger partial charge in [0, 0.05) is 31.5 Å². The highest BCUT2D eigenvalue weighted by molar-refractivity contribution is 5.98. The maximum Gasteiger partial charge on any atom is 0.407 e. The van der Waals surface area contributed by atoms with Gasteiger partial charge < -0.3 is 30.7 Å². The van der Waals surface area contributed by atoms with Crippen molar-refractivity contribution in [1.82, 2.24) is 21.3 Å². The summed E-state index contributed by atoms with van der Waals surface area (Å²) in [4.78, 5) is 53.7. The fraction of sp³-hybridized carbons (Fsp3) is 0.476. The standard InChI is InChI=1S/C42H54N4O6/c1-5-51-33-18-16-31(17-19-33)27-35(45-36(47)32-14-10-7-11-15-32)38(49)46-34(26-30-12-8-6-9-13-30)37(48)43-28-41-20-23-42(24-21-41,25-22-41)29-44-39(50)52-40(2,3)4/h6-19,34-35H,5,20-29H2,1-4H3,(H,43,48)(H,44,50)(H,45,47)(H,46,49)/t34-,35+,41?,42?/m0/s1. The molecule has 278 valence electrons. The molecule has 0 aromatic heterocycles. The Morgan fingerprint density at radius 1 is 0.654 bits per heavy atom. The van der Waals surface area contributed by atoms with Gasteiger partial charge in [0.15, 0.2) is 0 Å². The van der Waals surface area contributed by atoms with E-state index in [2.05, 4.69) is 21.3 Å². The van der Waals surface area contributed by atoms with E-state index in [4.69, 9.17) is 9.47 Å². The van der Waals surface area contributed by atoms with Crippen molar-refractivity contribution in [2.45, 2.75) is 96.7 Å². The quantitative estimate of drug-likeness (QED) is 0.150. The average molecular weight is 711 g/mol. The smallest absolute Gasteiger partial charge is 0.407 e. The van der Waals surface area contributed by atoms with Crippen LogP contribution in [0.1, 0.15) is 87.7 Å². The Hall–Kier alpha value is -4.86. The number of carbonyl (C=O) groups excluding carboxylic acids is 4. The van der Waals surface area contributed by atoms with Gasteiger partial charge in [-0.2, -0.15) is 0 Å². The van der Waals surface area contributed by atoms with Gasteiger partial charge >= 0.3 is 6.09 Å². The number of alkyl carbamates (subject to hydrolysis) is 1. The molecule has 3 aliphatic carbocycles. The predicted molar refractivity (Wildman–Crippen MR) is 201 cm³/mol. The topological polar surface area (TPSA) is 135 Å². The highest BCUT2D eigenvalue weighted by Crippen LogP contribution is 2.56. The Bertz CT molecular complexity index is 1630. The molecule has 0 unspecified atom stereocenters. The molecule has 4 amide bonds. The van der Waals surface area contributed by atoms with E-state index in [1.807, 2.05) is 88.4 Å². The molecule has 10 heteroatoms. The number of fused-ring (bicyclic) bond motifs is 3. The van der Waals surface area contributed by atoms with E-state index < -0.39 is 23.6 Å². The molecule has 10 nitrogen and oxygen atoms in total. The second-order valence-corrected chi connectivity index (χ2v) is 15.5. The van der Waals surface area contributed by atoms with Crippen LogP contribution in [0.4, 0.5) is 4.79 Å². The van der Waals surface area contributed by atoms with Crippen LogP contribution in [-0.2, 0) is 27.2 Å². The van der Waals surface area contributed by atoms with Crippen molar-refractivity contribution >= 4 is 23.8 Å². The molecule has 0 aliphatic heterocycles. The van der Waals surface area contributed by atoms with Gasteiger partial charge in [-0.05, 0) is 112 Å². The minimum Gasteiger partial charge on any atom is -0.494 e. The lowest BCUT2D eigenvalue weighted by molar-refractivity contribution is -0.130. The number of benzene rings is 3. The molecule has 3 fully saturated rings. The van der Waals surface area contributed by atoms with Crippen molar-refractivity contribution < 1.29 is 28.7 Å². The predicted octanol–water partition coefficient (Wildman–Crippen LogP) is 6.14. The van der Waals surface area contributed by atoms with Gasteiger partial charge in [0.1, 0.15) is 23.4 Å². The molecule has 52 heavy (non-hydrogen) atoms. The molecule has 0 radical (unpaired) electrons. The molecule has 0 saturated heterocycles. The van der Waals surface area contributed by atoms with Gasteiger partial charge in [0.25, 0.3) is 5.91 Å². The maximum atomic E-state index is 14.1. The summed E-state index contributed by atoms with van der Waals surface area (Å²) in [5.74, 6) is -0.347. The Morgan fingerprint density at radius 2 is 1.15 bits per heavy atom. The van der Waals surface area contributed by atoms with E-state index in [0.717, 1.165) is 55.4 Å². The van der Waals surface area contributed by atoms with Gasteiger partial charge in [-0.25, -0.2) is 4.79 Å². The van der Waals surface area contributed by atoms with Crippen molar-refractivity contribution in [3.05, 3.63) is 102 Å². The fourth-order valence-electron chi connectivity index (χ4n) is 7.34. The fourth-order valence-corrected chi connectivity index (χ4v) is 7.34. The number of carbonyl (C=O) groups is 4. The maximum absolute atomic E-state index is 14.1. The summed E-state index contributed by atoms with van der Waals surface area (Å²) >= 11 is 0. The Labute approximate surface area is 307 Å². The molecule has 3 saturated carbocycles. The first-order valence-electron chi connectivity index (χ1n) is 18.5. The highest BCUT2D eigenvalue weighted by Gasteiger charge is 2.48. The zero-order chi connectivity index (χ0) is 37.2. The largest absolute Gasteiger partial charge is 0.494 e. The van der Waals surface area contributed by atoms with Crippen LogP contribution in [0.25, 0.3) is 0 Å². The number of hydrogen-bond acceptors (Lipinski definition) is 6. The van der Waals surface area contributed by atoms with Crippen molar-refractivity contribution in [2.75, 3.05) is 19.7 Å². The Kier molecular flexibility index (Phi) is 12.6. The van der Waals surface area contributed by atoms with Gasteiger partial charge in [-0.1, -0.05) is 60.7 Å². The molecule has 3 aromatic carbocycles. The molecule has 3 aromatic rings.